The Balaban J connectivity index is 2.21. The maximum absolute atomic E-state index is 13.7. The summed E-state index contributed by atoms with van der Waals surface area (Å²) in [7, 11) is 1.49. The van der Waals surface area contributed by atoms with Crippen molar-refractivity contribution in [3.8, 4) is 5.75 Å². The van der Waals surface area contributed by atoms with Gasteiger partial charge in [-0.2, -0.15) is 0 Å². The molecule has 1 N–H and O–H groups in total. The molecule has 0 aromatic heterocycles. The Morgan fingerprint density at radius 2 is 2.12 bits per heavy atom. The number of benzene rings is 1. The zero-order valence-corrected chi connectivity index (χ0v) is 9.83. The molecular weight excluding hydrogens is 207 g/mol. The van der Waals surface area contributed by atoms with E-state index in [2.05, 4.69) is 13.8 Å². The van der Waals surface area contributed by atoms with Crippen molar-refractivity contribution >= 4 is 0 Å². The number of aliphatic hydroxyl groups excluding tert-OH is 1. The van der Waals surface area contributed by atoms with E-state index in [9.17, 15) is 9.50 Å². The van der Waals surface area contributed by atoms with Crippen molar-refractivity contribution in [2.75, 3.05) is 7.11 Å². The lowest BCUT2D eigenvalue weighted by Crippen LogP contribution is -2.07. The summed E-state index contributed by atoms with van der Waals surface area (Å²) in [5, 5.41) is 10.1. The third-order valence-electron chi connectivity index (χ3n) is 3.50. The van der Waals surface area contributed by atoms with Crippen LogP contribution in [0.1, 0.15) is 31.9 Å². The van der Waals surface area contributed by atoms with Gasteiger partial charge in [0.05, 0.1) is 13.2 Å². The summed E-state index contributed by atoms with van der Waals surface area (Å²) < 4.78 is 18.6. The number of ether oxygens (including phenoxy) is 1. The first kappa shape index (κ1) is 11.4. The molecule has 0 saturated heterocycles. The molecule has 0 spiro atoms. The molecule has 3 heteroatoms. The van der Waals surface area contributed by atoms with Gasteiger partial charge < -0.3 is 9.84 Å². The molecule has 88 valence electrons. The molecule has 1 aromatic rings. The average Bonchev–Trinajstić information content (AvgIpc) is 2.86. The molecule has 0 bridgehead atoms. The minimum absolute atomic E-state index is 0.131. The van der Waals surface area contributed by atoms with E-state index in [0.29, 0.717) is 11.3 Å². The van der Waals surface area contributed by atoms with Crippen molar-refractivity contribution in [2.45, 2.75) is 26.4 Å². The molecule has 16 heavy (non-hydrogen) atoms. The third-order valence-corrected chi connectivity index (χ3v) is 3.50. The second-order valence-corrected chi connectivity index (χ2v) is 5.13. The molecule has 2 atom stereocenters. The lowest BCUT2D eigenvalue weighted by atomic mass is 9.99. The molecule has 1 saturated carbocycles. The fourth-order valence-electron chi connectivity index (χ4n) is 2.14. The molecule has 0 heterocycles. The molecular formula is C13H17FO2. The summed E-state index contributed by atoms with van der Waals surface area (Å²) in [5.41, 5.74) is 0.502. The van der Waals surface area contributed by atoms with Crippen LogP contribution in [0.25, 0.3) is 0 Å². The summed E-state index contributed by atoms with van der Waals surface area (Å²) in [4.78, 5) is 0. The van der Waals surface area contributed by atoms with Gasteiger partial charge in [-0.3, -0.25) is 0 Å². The Morgan fingerprint density at radius 1 is 1.50 bits per heavy atom. The van der Waals surface area contributed by atoms with Crippen molar-refractivity contribution < 1.29 is 14.2 Å². The first-order valence-corrected chi connectivity index (χ1v) is 5.47. The molecule has 1 aliphatic rings. The minimum Gasteiger partial charge on any atom is -0.497 e. The lowest BCUT2D eigenvalue weighted by molar-refractivity contribution is 0.134. The van der Waals surface area contributed by atoms with Gasteiger partial charge in [-0.25, -0.2) is 4.39 Å². The maximum atomic E-state index is 13.7. The first-order chi connectivity index (χ1) is 7.45. The molecule has 0 amide bonds. The van der Waals surface area contributed by atoms with Crippen LogP contribution >= 0.6 is 0 Å². The van der Waals surface area contributed by atoms with Gasteiger partial charge in [-0.1, -0.05) is 13.8 Å². The SMILES string of the molecule is COc1ccc(C(O)C2CC2(C)C)c(F)c1. The fourth-order valence-corrected chi connectivity index (χ4v) is 2.14. The largest absolute Gasteiger partial charge is 0.497 e. The highest BCUT2D eigenvalue weighted by Gasteiger charge is 2.50. The quantitative estimate of drug-likeness (QED) is 0.855. The average molecular weight is 224 g/mol. The molecule has 2 rings (SSSR count). The van der Waals surface area contributed by atoms with E-state index in [1.807, 2.05) is 0 Å². The van der Waals surface area contributed by atoms with E-state index in [-0.39, 0.29) is 11.3 Å². The summed E-state index contributed by atoms with van der Waals surface area (Å²) in [5.74, 6) is 0.244. The Hall–Kier alpha value is -1.09. The van der Waals surface area contributed by atoms with Crippen LogP contribution < -0.4 is 4.74 Å². The van der Waals surface area contributed by atoms with Gasteiger partial charge in [0, 0.05) is 11.6 Å². The van der Waals surface area contributed by atoms with E-state index in [1.165, 1.54) is 13.2 Å². The number of rotatable bonds is 3. The Morgan fingerprint density at radius 3 is 2.56 bits per heavy atom. The van der Waals surface area contributed by atoms with Gasteiger partial charge in [0.2, 0.25) is 0 Å². The number of hydrogen-bond donors (Lipinski definition) is 1. The van der Waals surface area contributed by atoms with Crippen molar-refractivity contribution in [3.63, 3.8) is 0 Å². The van der Waals surface area contributed by atoms with Crippen LogP contribution in [0.15, 0.2) is 18.2 Å². The molecule has 2 nitrogen and oxygen atoms in total. The number of halogens is 1. The normalized spacial score (nSPS) is 23.9. The van der Waals surface area contributed by atoms with E-state index in [0.717, 1.165) is 6.42 Å². The lowest BCUT2D eigenvalue weighted by Gasteiger charge is -2.14. The highest BCUT2D eigenvalue weighted by molar-refractivity contribution is 5.31. The van der Waals surface area contributed by atoms with Crippen molar-refractivity contribution in [2.24, 2.45) is 11.3 Å². The summed E-state index contributed by atoms with van der Waals surface area (Å²) >= 11 is 0. The Bertz CT molecular complexity index is 401. The summed E-state index contributed by atoms with van der Waals surface area (Å²) in [6.07, 6.45) is 0.237. The van der Waals surface area contributed by atoms with Crippen molar-refractivity contribution in [3.05, 3.63) is 29.6 Å². The molecule has 1 fully saturated rings. The van der Waals surface area contributed by atoms with Crippen LogP contribution in [-0.4, -0.2) is 12.2 Å². The van der Waals surface area contributed by atoms with Gasteiger partial charge >= 0.3 is 0 Å². The second-order valence-electron chi connectivity index (χ2n) is 5.13. The van der Waals surface area contributed by atoms with Crippen molar-refractivity contribution in [1.29, 1.82) is 0 Å². The van der Waals surface area contributed by atoms with Gasteiger partial charge in [0.15, 0.2) is 0 Å². The molecule has 1 aromatic carbocycles. The van der Waals surface area contributed by atoms with Crippen LogP contribution in [0, 0.1) is 17.2 Å². The Labute approximate surface area is 95.1 Å². The van der Waals surface area contributed by atoms with E-state index >= 15 is 0 Å². The summed E-state index contributed by atoms with van der Waals surface area (Å²) in [6.45, 7) is 4.17. The number of aliphatic hydroxyl groups is 1. The highest BCUT2D eigenvalue weighted by atomic mass is 19.1. The van der Waals surface area contributed by atoms with Crippen LogP contribution in [0.4, 0.5) is 4.39 Å². The van der Waals surface area contributed by atoms with Gasteiger partial charge in [-0.15, -0.1) is 0 Å². The Kier molecular flexibility index (Phi) is 2.66. The predicted molar refractivity (Wildman–Crippen MR) is 59.8 cm³/mol. The maximum Gasteiger partial charge on any atom is 0.132 e. The monoisotopic (exact) mass is 224 g/mol. The van der Waals surface area contributed by atoms with Crippen LogP contribution in [0.5, 0.6) is 5.75 Å². The predicted octanol–water partition coefficient (Wildman–Crippen LogP) is 2.91. The summed E-state index contributed by atoms with van der Waals surface area (Å²) in [6, 6.07) is 4.60. The molecule has 2 unspecified atom stereocenters. The van der Waals surface area contributed by atoms with Gasteiger partial charge in [0.25, 0.3) is 0 Å². The van der Waals surface area contributed by atoms with Crippen LogP contribution in [0.3, 0.4) is 0 Å². The number of methoxy groups -OCH3 is 1. The minimum atomic E-state index is -0.707. The standard InChI is InChI=1S/C13H17FO2/c1-13(2)7-10(13)12(15)9-5-4-8(16-3)6-11(9)14/h4-6,10,12,15H,7H2,1-3H3. The number of hydrogen-bond acceptors (Lipinski definition) is 2. The van der Waals surface area contributed by atoms with E-state index < -0.39 is 11.9 Å². The van der Waals surface area contributed by atoms with Gasteiger partial charge in [-0.05, 0) is 29.9 Å². The molecule has 0 aliphatic heterocycles. The molecule has 1 aliphatic carbocycles. The van der Waals surface area contributed by atoms with Crippen LogP contribution in [-0.2, 0) is 0 Å². The third kappa shape index (κ3) is 1.92. The topological polar surface area (TPSA) is 29.5 Å². The van der Waals surface area contributed by atoms with Gasteiger partial charge in [0.1, 0.15) is 11.6 Å². The van der Waals surface area contributed by atoms with Crippen LogP contribution in [0.2, 0.25) is 0 Å². The zero-order chi connectivity index (χ0) is 11.9. The smallest absolute Gasteiger partial charge is 0.132 e. The zero-order valence-electron chi connectivity index (χ0n) is 9.83. The van der Waals surface area contributed by atoms with E-state index in [4.69, 9.17) is 4.74 Å². The van der Waals surface area contributed by atoms with Crippen molar-refractivity contribution in [1.82, 2.24) is 0 Å². The fraction of sp³-hybridized carbons (Fsp3) is 0.538. The first-order valence-electron chi connectivity index (χ1n) is 5.47. The highest BCUT2D eigenvalue weighted by Crippen LogP contribution is 2.57. The second kappa shape index (κ2) is 3.74. The van der Waals surface area contributed by atoms with E-state index in [1.54, 1.807) is 12.1 Å². The molecule has 0 radical (unpaired) electrons.